The maximum Gasteiger partial charge on any atom is 0.335 e. The van der Waals surface area contributed by atoms with Crippen LogP contribution in [0.3, 0.4) is 0 Å². The number of aryl methyl sites for hydroxylation is 1. The van der Waals surface area contributed by atoms with Gasteiger partial charge in [-0.1, -0.05) is 18.2 Å². The van der Waals surface area contributed by atoms with Gasteiger partial charge in [-0.15, -0.1) is 0 Å². The number of carboxylic acid groups (broad SMARTS) is 1. The molecular weight excluding hydrogens is 268 g/mol. The Bertz CT molecular complexity index is 668. The number of benzene rings is 1. The number of carboxylic acids is 1. The van der Waals surface area contributed by atoms with Crippen LogP contribution < -0.4 is 5.32 Å². The van der Waals surface area contributed by atoms with Gasteiger partial charge in [-0.3, -0.25) is 9.78 Å². The molecule has 0 fully saturated rings. The fourth-order valence-corrected chi connectivity index (χ4v) is 1.99. The van der Waals surface area contributed by atoms with Gasteiger partial charge in [0.1, 0.15) is 5.69 Å². The highest BCUT2D eigenvalue weighted by Gasteiger charge is 2.09. The number of hydrogen-bond donors (Lipinski definition) is 2. The van der Waals surface area contributed by atoms with E-state index in [-0.39, 0.29) is 11.5 Å². The number of hydrogen-bond acceptors (Lipinski definition) is 3. The van der Waals surface area contributed by atoms with E-state index in [9.17, 15) is 9.59 Å². The van der Waals surface area contributed by atoms with Crippen molar-refractivity contribution in [1.82, 2.24) is 10.3 Å². The van der Waals surface area contributed by atoms with E-state index in [1.54, 1.807) is 30.5 Å². The fourth-order valence-electron chi connectivity index (χ4n) is 1.99. The molecule has 2 aromatic rings. The molecule has 0 aliphatic heterocycles. The van der Waals surface area contributed by atoms with E-state index in [2.05, 4.69) is 10.3 Å². The highest BCUT2D eigenvalue weighted by atomic mass is 16.4. The zero-order chi connectivity index (χ0) is 15.2. The smallest absolute Gasteiger partial charge is 0.335 e. The van der Waals surface area contributed by atoms with Gasteiger partial charge < -0.3 is 10.4 Å². The maximum atomic E-state index is 12.0. The van der Waals surface area contributed by atoms with Gasteiger partial charge in [0, 0.05) is 12.7 Å². The largest absolute Gasteiger partial charge is 0.478 e. The Balaban J connectivity index is 1.93. The van der Waals surface area contributed by atoms with Crippen molar-refractivity contribution < 1.29 is 14.7 Å². The topological polar surface area (TPSA) is 79.3 Å². The molecule has 1 aromatic carbocycles. The third kappa shape index (κ3) is 3.89. The Morgan fingerprint density at radius 1 is 1.24 bits per heavy atom. The SMILES string of the molecule is Cc1cccnc1C(=O)NCCc1cccc(C(=O)O)c1. The minimum Gasteiger partial charge on any atom is -0.478 e. The average molecular weight is 284 g/mol. The van der Waals surface area contributed by atoms with Crippen molar-refractivity contribution in [1.29, 1.82) is 0 Å². The van der Waals surface area contributed by atoms with Crippen LogP contribution in [-0.2, 0) is 6.42 Å². The number of aromatic nitrogens is 1. The number of carbonyl (C=O) groups excluding carboxylic acids is 1. The first kappa shape index (κ1) is 14.7. The zero-order valence-corrected chi connectivity index (χ0v) is 11.7. The molecule has 2 N–H and O–H groups in total. The summed E-state index contributed by atoms with van der Waals surface area (Å²) in [5, 5.41) is 11.7. The molecule has 21 heavy (non-hydrogen) atoms. The Labute approximate surface area is 122 Å². The Morgan fingerprint density at radius 3 is 2.76 bits per heavy atom. The molecular formula is C16H16N2O3. The number of pyridine rings is 1. The predicted molar refractivity (Wildman–Crippen MR) is 78.4 cm³/mol. The van der Waals surface area contributed by atoms with Crippen molar-refractivity contribution in [3.63, 3.8) is 0 Å². The molecule has 2 rings (SSSR count). The first-order valence-corrected chi connectivity index (χ1v) is 6.60. The van der Waals surface area contributed by atoms with Crippen LogP contribution in [0, 0.1) is 6.92 Å². The number of aromatic carboxylic acids is 1. The normalized spacial score (nSPS) is 10.1. The Hall–Kier alpha value is -2.69. The van der Waals surface area contributed by atoms with Gasteiger partial charge >= 0.3 is 5.97 Å². The van der Waals surface area contributed by atoms with Crippen molar-refractivity contribution in [3.05, 3.63) is 65.0 Å². The molecule has 0 aliphatic carbocycles. The quantitative estimate of drug-likeness (QED) is 0.880. The van der Waals surface area contributed by atoms with E-state index >= 15 is 0 Å². The third-order valence-corrected chi connectivity index (χ3v) is 3.10. The summed E-state index contributed by atoms with van der Waals surface area (Å²) in [5.41, 5.74) is 2.35. The molecule has 5 heteroatoms. The fraction of sp³-hybridized carbons (Fsp3) is 0.188. The van der Waals surface area contributed by atoms with Crippen LogP contribution in [0.25, 0.3) is 0 Å². The summed E-state index contributed by atoms with van der Waals surface area (Å²) < 4.78 is 0. The second kappa shape index (κ2) is 6.65. The molecule has 0 radical (unpaired) electrons. The summed E-state index contributed by atoms with van der Waals surface area (Å²) in [4.78, 5) is 26.9. The summed E-state index contributed by atoms with van der Waals surface area (Å²) >= 11 is 0. The van der Waals surface area contributed by atoms with Gasteiger partial charge in [0.05, 0.1) is 5.56 Å². The van der Waals surface area contributed by atoms with Crippen LogP contribution in [0.15, 0.2) is 42.6 Å². The van der Waals surface area contributed by atoms with E-state index in [0.29, 0.717) is 18.7 Å². The van der Waals surface area contributed by atoms with Gasteiger partial charge in [-0.25, -0.2) is 4.79 Å². The van der Waals surface area contributed by atoms with Gasteiger partial charge in [0.15, 0.2) is 0 Å². The van der Waals surface area contributed by atoms with E-state index in [0.717, 1.165) is 11.1 Å². The lowest BCUT2D eigenvalue weighted by atomic mass is 10.1. The lowest BCUT2D eigenvalue weighted by Crippen LogP contribution is -2.27. The van der Waals surface area contributed by atoms with Gasteiger partial charge in [0.25, 0.3) is 5.91 Å². The second-order valence-electron chi connectivity index (χ2n) is 4.68. The summed E-state index contributed by atoms with van der Waals surface area (Å²) in [6, 6.07) is 10.3. The molecule has 1 amide bonds. The van der Waals surface area contributed by atoms with E-state index in [4.69, 9.17) is 5.11 Å². The standard InChI is InChI=1S/C16H16N2O3/c1-11-4-3-8-17-14(11)15(19)18-9-7-12-5-2-6-13(10-12)16(20)21/h2-6,8,10H,7,9H2,1H3,(H,18,19)(H,20,21). The van der Waals surface area contributed by atoms with Crippen LogP contribution in [0.1, 0.15) is 32.0 Å². The number of nitrogens with zero attached hydrogens (tertiary/aromatic N) is 1. The number of nitrogens with one attached hydrogen (secondary N) is 1. The molecule has 108 valence electrons. The monoisotopic (exact) mass is 284 g/mol. The molecule has 0 spiro atoms. The lowest BCUT2D eigenvalue weighted by Gasteiger charge is -2.07. The molecule has 1 aromatic heterocycles. The minimum absolute atomic E-state index is 0.220. The van der Waals surface area contributed by atoms with E-state index in [1.165, 1.54) is 0 Å². The summed E-state index contributed by atoms with van der Waals surface area (Å²) in [6.45, 7) is 2.26. The highest BCUT2D eigenvalue weighted by molar-refractivity contribution is 5.93. The first-order valence-electron chi connectivity index (χ1n) is 6.60. The van der Waals surface area contributed by atoms with Crippen molar-refractivity contribution in [3.8, 4) is 0 Å². The van der Waals surface area contributed by atoms with Crippen molar-refractivity contribution >= 4 is 11.9 Å². The van der Waals surface area contributed by atoms with Crippen LogP contribution in [-0.4, -0.2) is 28.5 Å². The summed E-state index contributed by atoms with van der Waals surface area (Å²) in [6.07, 6.45) is 2.15. The molecule has 0 atom stereocenters. The Kier molecular flexibility index (Phi) is 4.66. The van der Waals surface area contributed by atoms with Gasteiger partial charge in [0.2, 0.25) is 0 Å². The van der Waals surface area contributed by atoms with E-state index in [1.807, 2.05) is 19.1 Å². The Morgan fingerprint density at radius 2 is 2.05 bits per heavy atom. The molecule has 1 heterocycles. The lowest BCUT2D eigenvalue weighted by molar-refractivity contribution is 0.0696. The van der Waals surface area contributed by atoms with Crippen LogP contribution >= 0.6 is 0 Å². The first-order chi connectivity index (χ1) is 10.1. The van der Waals surface area contributed by atoms with Crippen molar-refractivity contribution in [2.24, 2.45) is 0 Å². The molecule has 0 bridgehead atoms. The minimum atomic E-state index is -0.954. The molecule has 0 unspecified atom stereocenters. The zero-order valence-electron chi connectivity index (χ0n) is 11.7. The van der Waals surface area contributed by atoms with Crippen LogP contribution in [0.2, 0.25) is 0 Å². The summed E-state index contributed by atoms with van der Waals surface area (Å²) in [7, 11) is 0. The number of rotatable bonds is 5. The number of carbonyl (C=O) groups is 2. The number of amides is 1. The maximum absolute atomic E-state index is 12.0. The van der Waals surface area contributed by atoms with Gasteiger partial charge in [-0.2, -0.15) is 0 Å². The molecule has 0 saturated carbocycles. The van der Waals surface area contributed by atoms with Gasteiger partial charge in [-0.05, 0) is 42.7 Å². The highest BCUT2D eigenvalue weighted by Crippen LogP contribution is 2.06. The average Bonchev–Trinajstić information content (AvgIpc) is 2.48. The van der Waals surface area contributed by atoms with Crippen molar-refractivity contribution in [2.75, 3.05) is 6.54 Å². The molecule has 0 aliphatic rings. The second-order valence-corrected chi connectivity index (χ2v) is 4.68. The summed E-state index contributed by atoms with van der Waals surface area (Å²) in [5.74, 6) is -1.17. The third-order valence-electron chi connectivity index (χ3n) is 3.10. The molecule has 0 saturated heterocycles. The van der Waals surface area contributed by atoms with Crippen LogP contribution in [0.5, 0.6) is 0 Å². The molecule has 5 nitrogen and oxygen atoms in total. The van der Waals surface area contributed by atoms with Crippen LogP contribution in [0.4, 0.5) is 0 Å². The van der Waals surface area contributed by atoms with Crippen molar-refractivity contribution in [2.45, 2.75) is 13.3 Å². The van der Waals surface area contributed by atoms with E-state index < -0.39 is 5.97 Å². The predicted octanol–water partition coefficient (Wildman–Crippen LogP) is 2.06.